The lowest BCUT2D eigenvalue weighted by molar-refractivity contribution is -0.138. The van der Waals surface area contributed by atoms with Gasteiger partial charge in [-0.3, -0.25) is 9.69 Å². The van der Waals surface area contributed by atoms with Gasteiger partial charge in [0, 0.05) is 19.1 Å². The van der Waals surface area contributed by atoms with Crippen LogP contribution in [0.2, 0.25) is 0 Å². The summed E-state index contributed by atoms with van der Waals surface area (Å²) in [5.41, 5.74) is 0.747. The van der Waals surface area contributed by atoms with E-state index in [0.29, 0.717) is 24.4 Å². The monoisotopic (exact) mass is 340 g/mol. The zero-order chi connectivity index (χ0) is 17.0. The molecule has 0 radical (unpaired) electrons. The van der Waals surface area contributed by atoms with E-state index in [1.54, 1.807) is 37.1 Å². The number of likely N-dealkylation sites (N-methyl/N-ethyl adjacent to an activating group) is 1. The summed E-state index contributed by atoms with van der Waals surface area (Å²) < 4.78 is 27.2. The summed E-state index contributed by atoms with van der Waals surface area (Å²) in [4.78, 5) is 13.0. The molecule has 128 valence electrons. The van der Waals surface area contributed by atoms with E-state index in [9.17, 15) is 13.2 Å². The molecular weight excluding hydrogens is 316 g/mol. The van der Waals surface area contributed by atoms with Crippen molar-refractivity contribution in [2.45, 2.75) is 37.1 Å². The number of carboxylic acid groups (broad SMARTS) is 1. The Hall–Kier alpha value is -1.44. The van der Waals surface area contributed by atoms with Crippen molar-refractivity contribution in [1.29, 1.82) is 0 Å². The highest BCUT2D eigenvalue weighted by atomic mass is 32.2. The maximum atomic E-state index is 12.8. The predicted molar refractivity (Wildman–Crippen MR) is 87.8 cm³/mol. The smallest absolute Gasteiger partial charge is 0.317 e. The Bertz CT molecular complexity index is 660. The van der Waals surface area contributed by atoms with E-state index in [1.807, 2.05) is 6.07 Å². The lowest BCUT2D eigenvalue weighted by Gasteiger charge is -2.25. The lowest BCUT2D eigenvalue weighted by atomic mass is 10.1. The van der Waals surface area contributed by atoms with E-state index < -0.39 is 16.0 Å². The number of hydrogen-bond acceptors (Lipinski definition) is 4. The van der Waals surface area contributed by atoms with Gasteiger partial charge in [-0.05, 0) is 44.9 Å². The van der Waals surface area contributed by atoms with Crippen LogP contribution in [0.15, 0.2) is 29.2 Å². The van der Waals surface area contributed by atoms with Crippen LogP contribution in [0.1, 0.15) is 24.8 Å². The number of aliphatic carboxylic acids is 1. The molecule has 1 heterocycles. The van der Waals surface area contributed by atoms with Crippen LogP contribution in [0.4, 0.5) is 0 Å². The van der Waals surface area contributed by atoms with Crippen LogP contribution in [0.3, 0.4) is 0 Å². The molecular formula is C16H24N2O4S. The van der Waals surface area contributed by atoms with Gasteiger partial charge in [0.15, 0.2) is 0 Å². The van der Waals surface area contributed by atoms with E-state index in [-0.39, 0.29) is 12.6 Å². The van der Waals surface area contributed by atoms with Crippen LogP contribution in [-0.4, -0.2) is 61.4 Å². The van der Waals surface area contributed by atoms with E-state index in [4.69, 9.17) is 5.11 Å². The largest absolute Gasteiger partial charge is 0.480 e. The Kier molecular flexibility index (Phi) is 5.78. The molecule has 23 heavy (non-hydrogen) atoms. The predicted octanol–water partition coefficient (Wildman–Crippen LogP) is 1.55. The molecule has 0 aliphatic carbocycles. The van der Waals surface area contributed by atoms with Crippen molar-refractivity contribution in [2.75, 3.05) is 26.7 Å². The summed E-state index contributed by atoms with van der Waals surface area (Å²) >= 11 is 0. The number of benzene rings is 1. The third kappa shape index (κ3) is 4.31. The van der Waals surface area contributed by atoms with Crippen LogP contribution < -0.4 is 0 Å². The number of hydrogen-bond donors (Lipinski definition) is 1. The molecule has 1 aromatic rings. The second kappa shape index (κ2) is 7.42. The molecule has 1 N–H and O–H groups in total. The van der Waals surface area contributed by atoms with Crippen LogP contribution in [-0.2, 0) is 14.8 Å². The summed E-state index contributed by atoms with van der Waals surface area (Å²) in [5.74, 6) is -0.860. The van der Waals surface area contributed by atoms with Crippen molar-refractivity contribution in [1.82, 2.24) is 9.21 Å². The summed E-state index contributed by atoms with van der Waals surface area (Å²) in [5, 5.41) is 8.90. The average Bonchev–Trinajstić information content (AvgIpc) is 2.73. The normalized spacial score (nSPS) is 20.4. The van der Waals surface area contributed by atoms with Crippen molar-refractivity contribution >= 4 is 16.0 Å². The van der Waals surface area contributed by atoms with Gasteiger partial charge in [-0.1, -0.05) is 18.2 Å². The molecule has 1 aromatic carbocycles. The Labute approximate surface area is 137 Å². The van der Waals surface area contributed by atoms with Crippen LogP contribution in [0.5, 0.6) is 0 Å². The fraction of sp³-hybridized carbons (Fsp3) is 0.562. The molecule has 0 bridgehead atoms. The standard InChI is InChI=1S/C16H24N2O4S/c1-13-6-3-4-8-15(13)23(21,22)18-10-5-7-14(9-11-18)17(2)12-16(19)20/h3-4,6,8,14H,5,7,9-12H2,1-2H3,(H,19,20). The molecule has 2 rings (SSSR count). The second-order valence-electron chi connectivity index (χ2n) is 6.06. The van der Waals surface area contributed by atoms with Crippen molar-refractivity contribution < 1.29 is 18.3 Å². The average molecular weight is 340 g/mol. The first-order valence-electron chi connectivity index (χ1n) is 7.80. The maximum Gasteiger partial charge on any atom is 0.317 e. The van der Waals surface area contributed by atoms with Crippen molar-refractivity contribution in [2.24, 2.45) is 0 Å². The second-order valence-corrected chi connectivity index (χ2v) is 7.97. The fourth-order valence-electron chi connectivity index (χ4n) is 3.06. The first-order valence-corrected chi connectivity index (χ1v) is 9.24. The molecule has 1 aliphatic rings. The van der Waals surface area contributed by atoms with Gasteiger partial charge in [-0.25, -0.2) is 8.42 Å². The molecule has 1 fully saturated rings. The van der Waals surface area contributed by atoms with Gasteiger partial charge in [0.1, 0.15) is 0 Å². The van der Waals surface area contributed by atoms with Gasteiger partial charge in [-0.2, -0.15) is 4.31 Å². The third-order valence-corrected chi connectivity index (χ3v) is 6.43. The SMILES string of the molecule is Cc1ccccc1S(=O)(=O)N1CCCC(N(C)CC(=O)O)CC1. The number of carbonyl (C=O) groups is 1. The van der Waals surface area contributed by atoms with Gasteiger partial charge < -0.3 is 5.11 Å². The zero-order valence-electron chi connectivity index (χ0n) is 13.6. The minimum atomic E-state index is -3.49. The van der Waals surface area contributed by atoms with E-state index in [2.05, 4.69) is 0 Å². The van der Waals surface area contributed by atoms with Gasteiger partial charge >= 0.3 is 5.97 Å². The molecule has 1 atom stereocenters. The minimum Gasteiger partial charge on any atom is -0.480 e. The van der Waals surface area contributed by atoms with Gasteiger partial charge in [0.05, 0.1) is 11.4 Å². The van der Waals surface area contributed by atoms with Crippen molar-refractivity contribution in [3.8, 4) is 0 Å². The maximum absolute atomic E-state index is 12.8. The molecule has 6 nitrogen and oxygen atoms in total. The summed E-state index contributed by atoms with van der Waals surface area (Å²) in [6.45, 7) is 2.68. The topological polar surface area (TPSA) is 77.9 Å². The molecule has 1 unspecified atom stereocenters. The van der Waals surface area contributed by atoms with Crippen LogP contribution in [0.25, 0.3) is 0 Å². The van der Waals surface area contributed by atoms with Gasteiger partial charge in [-0.15, -0.1) is 0 Å². The molecule has 0 saturated carbocycles. The molecule has 0 aromatic heterocycles. The van der Waals surface area contributed by atoms with Crippen LogP contribution >= 0.6 is 0 Å². The Morgan fingerprint density at radius 3 is 2.65 bits per heavy atom. The third-order valence-electron chi connectivity index (χ3n) is 4.38. The first-order chi connectivity index (χ1) is 10.8. The number of carboxylic acids is 1. The highest BCUT2D eigenvalue weighted by molar-refractivity contribution is 7.89. The zero-order valence-corrected chi connectivity index (χ0v) is 14.4. The number of nitrogens with zero attached hydrogens (tertiary/aromatic N) is 2. The van der Waals surface area contributed by atoms with Crippen molar-refractivity contribution in [3.63, 3.8) is 0 Å². The summed E-state index contributed by atoms with van der Waals surface area (Å²) in [6.07, 6.45) is 2.19. The molecule has 0 amide bonds. The Morgan fingerprint density at radius 2 is 2.00 bits per heavy atom. The number of rotatable bonds is 5. The summed E-state index contributed by atoms with van der Waals surface area (Å²) in [7, 11) is -1.71. The van der Waals surface area contributed by atoms with Crippen molar-refractivity contribution in [3.05, 3.63) is 29.8 Å². The quantitative estimate of drug-likeness (QED) is 0.880. The molecule has 1 aliphatic heterocycles. The molecule has 0 spiro atoms. The Morgan fingerprint density at radius 1 is 1.30 bits per heavy atom. The minimum absolute atomic E-state index is 0.0186. The van der Waals surface area contributed by atoms with E-state index in [0.717, 1.165) is 18.4 Å². The van der Waals surface area contributed by atoms with Crippen LogP contribution in [0, 0.1) is 6.92 Å². The van der Waals surface area contributed by atoms with Gasteiger partial charge in [0.2, 0.25) is 10.0 Å². The van der Waals surface area contributed by atoms with Gasteiger partial charge in [0.25, 0.3) is 0 Å². The fourth-order valence-corrected chi connectivity index (χ4v) is 4.78. The summed E-state index contributed by atoms with van der Waals surface area (Å²) in [6, 6.07) is 7.11. The van der Waals surface area contributed by atoms with E-state index >= 15 is 0 Å². The number of aryl methyl sites for hydroxylation is 1. The lowest BCUT2D eigenvalue weighted by Crippen LogP contribution is -2.37. The Balaban J connectivity index is 2.11. The number of sulfonamides is 1. The molecule has 1 saturated heterocycles. The van der Waals surface area contributed by atoms with E-state index in [1.165, 1.54) is 4.31 Å². The molecule has 7 heteroatoms. The highest BCUT2D eigenvalue weighted by Gasteiger charge is 2.29. The first kappa shape index (κ1) is 17.9. The highest BCUT2D eigenvalue weighted by Crippen LogP contribution is 2.24.